The molecule has 1 aliphatic heterocycles. The molecule has 2 aromatic heterocycles. The number of ether oxygens (including phenoxy) is 1. The summed E-state index contributed by atoms with van der Waals surface area (Å²) in [5.74, 6) is -1.84. The number of carbonyl (C=O) groups is 1. The zero-order chi connectivity index (χ0) is 28.0. The molecular weight excluding hydrogens is 550 g/mol. The molecule has 3 heterocycles. The number of hydrogen-bond donors (Lipinski definition) is 4. The molecule has 1 fully saturated rings. The van der Waals surface area contributed by atoms with E-state index < -0.39 is 38.2 Å². The van der Waals surface area contributed by atoms with E-state index in [0.29, 0.717) is 18.7 Å². The summed E-state index contributed by atoms with van der Waals surface area (Å²) in [6.07, 6.45) is 0.963. The Labute approximate surface area is 229 Å². The van der Waals surface area contributed by atoms with Gasteiger partial charge in [-0.3, -0.25) is 19.1 Å². The number of carbonyl (C=O) groups excluding carboxylic acids is 1. The van der Waals surface area contributed by atoms with Crippen LogP contribution in [0.1, 0.15) is 38.5 Å². The molecule has 0 saturated carbocycles. The minimum Gasteiger partial charge on any atom is -0.395 e. The molecule has 5 N–H and O–H groups in total. The van der Waals surface area contributed by atoms with Crippen molar-refractivity contribution in [3.8, 4) is 0 Å². The van der Waals surface area contributed by atoms with Crippen molar-refractivity contribution < 1.29 is 28.1 Å². The summed E-state index contributed by atoms with van der Waals surface area (Å²) in [4.78, 5) is 34.9. The van der Waals surface area contributed by atoms with Crippen molar-refractivity contribution in [2.45, 2.75) is 45.3 Å². The van der Waals surface area contributed by atoms with Crippen LogP contribution >= 0.6 is 20.3 Å². The number of fused-ring (bicyclic) bond motifs is 1. The number of hydrogen-bond acceptors (Lipinski definition) is 11. The summed E-state index contributed by atoms with van der Waals surface area (Å²) in [6.45, 7) is 3.31. The lowest BCUT2D eigenvalue weighted by Gasteiger charge is -2.25. The third kappa shape index (κ3) is 7.60. The SMILES string of the molecule is CC(C)(CO)C(=O)SCCOP(NCc1ccccc1)OC[C@]1(F)CC[C@H](n2cnc3c(=O)[nH]c(N)nc32)O1. The minimum atomic E-state index is -2.11. The lowest BCUT2D eigenvalue weighted by Crippen LogP contribution is -2.29. The largest absolute Gasteiger partial charge is 0.395 e. The standard InChI is InChI=1S/C24H32FN6O6PS/c1-23(2,13-32)21(34)39-11-10-35-38(28-12-16-6-4-3-5-7-16)36-14-24(25)9-8-17(37-24)31-15-27-18-19(31)29-22(26)30-20(18)33/h3-7,15,17,28,32H,8-14H2,1-2H3,(H3,26,29,30,33)/t17-,24+,38?/m1/s1. The number of anilines is 1. The number of H-pyrrole nitrogens is 1. The average molecular weight is 583 g/mol. The van der Waals surface area contributed by atoms with Crippen LogP contribution in [-0.4, -0.2) is 61.2 Å². The Kier molecular flexibility index (Phi) is 9.70. The molecule has 1 saturated heterocycles. The van der Waals surface area contributed by atoms with Gasteiger partial charge in [-0.15, -0.1) is 0 Å². The van der Waals surface area contributed by atoms with Crippen molar-refractivity contribution >= 4 is 42.5 Å². The summed E-state index contributed by atoms with van der Waals surface area (Å²) in [7, 11) is -1.73. The van der Waals surface area contributed by atoms with Gasteiger partial charge in [0.1, 0.15) is 12.8 Å². The third-order valence-electron chi connectivity index (χ3n) is 6.00. The van der Waals surface area contributed by atoms with Crippen LogP contribution in [0.5, 0.6) is 0 Å². The summed E-state index contributed by atoms with van der Waals surface area (Å²) in [5, 5.41) is 12.4. The maximum absolute atomic E-state index is 15.7. The number of benzene rings is 1. The smallest absolute Gasteiger partial charge is 0.280 e. The normalized spacial score (nSPS) is 20.5. The van der Waals surface area contributed by atoms with Crippen molar-refractivity contribution in [2.24, 2.45) is 5.41 Å². The van der Waals surface area contributed by atoms with Gasteiger partial charge in [0.2, 0.25) is 11.8 Å². The van der Waals surface area contributed by atoms with Crippen molar-refractivity contribution in [3.63, 3.8) is 0 Å². The zero-order valence-electron chi connectivity index (χ0n) is 21.6. The van der Waals surface area contributed by atoms with Crippen molar-refractivity contribution in [3.05, 3.63) is 52.6 Å². The highest BCUT2D eigenvalue weighted by Gasteiger charge is 2.43. The molecule has 1 aromatic carbocycles. The van der Waals surface area contributed by atoms with Crippen molar-refractivity contribution in [2.75, 3.05) is 31.3 Å². The van der Waals surface area contributed by atoms with E-state index in [1.807, 2.05) is 30.3 Å². The fourth-order valence-electron chi connectivity index (χ4n) is 3.71. The summed E-state index contributed by atoms with van der Waals surface area (Å²) in [6, 6.07) is 9.60. The second kappa shape index (κ2) is 12.8. The molecule has 39 heavy (non-hydrogen) atoms. The average Bonchev–Trinajstić information content (AvgIpc) is 3.52. The number of aromatic amines is 1. The predicted octanol–water partition coefficient (Wildman–Crippen LogP) is 3.00. The molecule has 1 unspecified atom stereocenters. The van der Waals surface area contributed by atoms with Gasteiger partial charge in [0.15, 0.2) is 16.3 Å². The van der Waals surface area contributed by atoms with Crippen LogP contribution in [0, 0.1) is 5.41 Å². The van der Waals surface area contributed by atoms with E-state index in [9.17, 15) is 14.7 Å². The van der Waals surface area contributed by atoms with Crippen LogP contribution in [-0.2, 0) is 25.1 Å². The van der Waals surface area contributed by atoms with Gasteiger partial charge in [-0.2, -0.15) is 4.98 Å². The quantitative estimate of drug-likeness (QED) is 0.173. The molecule has 0 radical (unpaired) electrons. The number of nitrogens with one attached hydrogen (secondary N) is 2. The summed E-state index contributed by atoms with van der Waals surface area (Å²) < 4.78 is 34.5. The number of halogens is 1. The second-order valence-electron chi connectivity index (χ2n) is 9.63. The lowest BCUT2D eigenvalue weighted by molar-refractivity contribution is -0.171. The first-order valence-corrected chi connectivity index (χ1v) is 14.5. The van der Waals surface area contributed by atoms with Crippen molar-refractivity contribution in [1.82, 2.24) is 24.6 Å². The van der Waals surface area contributed by atoms with Crippen LogP contribution in [0.15, 0.2) is 41.5 Å². The Morgan fingerprint density at radius 2 is 2.18 bits per heavy atom. The molecule has 0 aliphatic carbocycles. The molecular formula is C24H32FN6O6PS. The highest BCUT2D eigenvalue weighted by atomic mass is 32.2. The monoisotopic (exact) mass is 582 g/mol. The molecule has 3 aromatic rings. The number of rotatable bonds is 13. The highest BCUT2D eigenvalue weighted by Crippen LogP contribution is 2.43. The van der Waals surface area contributed by atoms with E-state index in [2.05, 4.69) is 20.0 Å². The fourth-order valence-corrected chi connectivity index (χ4v) is 5.77. The number of nitrogen functional groups attached to an aromatic ring is 1. The lowest BCUT2D eigenvalue weighted by atomic mass is 9.97. The summed E-state index contributed by atoms with van der Waals surface area (Å²) in [5.41, 5.74) is 5.61. The highest BCUT2D eigenvalue weighted by molar-refractivity contribution is 8.13. The number of alkyl halides is 1. The number of nitrogens with zero attached hydrogens (tertiary/aromatic N) is 3. The molecule has 212 valence electrons. The van der Waals surface area contributed by atoms with Gasteiger partial charge >= 0.3 is 0 Å². The van der Waals surface area contributed by atoms with Gasteiger partial charge in [0.05, 0.1) is 25.0 Å². The van der Waals surface area contributed by atoms with Crippen LogP contribution in [0.25, 0.3) is 11.2 Å². The van der Waals surface area contributed by atoms with Gasteiger partial charge < -0.3 is 24.6 Å². The van der Waals surface area contributed by atoms with Gasteiger partial charge in [0.25, 0.3) is 14.1 Å². The number of thioether (sulfide) groups is 1. The molecule has 0 amide bonds. The Morgan fingerprint density at radius 3 is 2.92 bits per heavy atom. The molecule has 12 nitrogen and oxygen atoms in total. The van der Waals surface area contributed by atoms with Gasteiger partial charge in [-0.25, -0.2) is 14.5 Å². The van der Waals surface area contributed by atoms with Gasteiger partial charge in [-0.05, 0) is 25.8 Å². The van der Waals surface area contributed by atoms with E-state index in [4.69, 9.17) is 19.5 Å². The van der Waals surface area contributed by atoms with Crippen LogP contribution in [0.4, 0.5) is 10.3 Å². The van der Waals surface area contributed by atoms with Gasteiger partial charge in [-0.1, -0.05) is 42.1 Å². The van der Waals surface area contributed by atoms with E-state index in [-0.39, 0.29) is 41.9 Å². The number of imidazole rings is 1. The van der Waals surface area contributed by atoms with Crippen LogP contribution < -0.4 is 16.4 Å². The maximum Gasteiger partial charge on any atom is 0.280 e. The van der Waals surface area contributed by atoms with E-state index in [1.165, 1.54) is 10.9 Å². The maximum atomic E-state index is 15.7. The minimum absolute atomic E-state index is 0.0401. The first-order valence-electron chi connectivity index (χ1n) is 12.3. The van der Waals surface area contributed by atoms with Crippen LogP contribution in [0.2, 0.25) is 0 Å². The zero-order valence-corrected chi connectivity index (χ0v) is 23.3. The predicted molar refractivity (Wildman–Crippen MR) is 146 cm³/mol. The Morgan fingerprint density at radius 1 is 1.41 bits per heavy atom. The van der Waals surface area contributed by atoms with E-state index >= 15 is 4.39 Å². The Bertz CT molecular complexity index is 1330. The number of aliphatic hydroxyl groups excluding tert-OH is 1. The number of aromatic nitrogens is 4. The van der Waals surface area contributed by atoms with Crippen LogP contribution in [0.3, 0.4) is 0 Å². The van der Waals surface area contributed by atoms with E-state index in [0.717, 1.165) is 17.3 Å². The summed E-state index contributed by atoms with van der Waals surface area (Å²) >= 11 is 1.07. The first-order chi connectivity index (χ1) is 18.6. The molecule has 0 bridgehead atoms. The topological polar surface area (TPSA) is 167 Å². The number of nitrogens with two attached hydrogens (primary N) is 1. The molecule has 3 atom stereocenters. The second-order valence-corrected chi connectivity index (χ2v) is 12.0. The van der Waals surface area contributed by atoms with Gasteiger partial charge in [0, 0.05) is 18.7 Å². The third-order valence-corrected chi connectivity index (χ3v) is 8.38. The number of aliphatic hydroxyl groups is 1. The first kappa shape index (κ1) is 29.5. The molecule has 15 heteroatoms. The molecule has 1 aliphatic rings. The molecule has 0 spiro atoms. The Balaban J connectivity index is 1.35. The Hall–Kier alpha value is -2.45. The fraction of sp³-hybridized carbons (Fsp3) is 0.500. The van der Waals surface area contributed by atoms with E-state index in [1.54, 1.807) is 13.8 Å². The molecule has 4 rings (SSSR count). The van der Waals surface area contributed by atoms with Crippen molar-refractivity contribution in [1.29, 1.82) is 0 Å².